The van der Waals surface area contributed by atoms with Crippen LogP contribution in [0.2, 0.25) is 0 Å². The standard InChI is InChI=1S/C20H31N/c1-15-7-6-8-16(2)20(15)13-17-9-4-3-5-10-18(17)14-21-19-11-12-19/h6-8,17-19,21H,3-5,9-14H2,1-2H3. The van der Waals surface area contributed by atoms with E-state index in [0.29, 0.717) is 0 Å². The van der Waals surface area contributed by atoms with Crippen molar-refractivity contribution in [2.24, 2.45) is 11.8 Å². The molecule has 0 bridgehead atoms. The van der Waals surface area contributed by atoms with Crippen LogP contribution in [0, 0.1) is 25.7 Å². The zero-order chi connectivity index (χ0) is 14.7. The third-order valence-electron chi connectivity index (χ3n) is 5.67. The summed E-state index contributed by atoms with van der Waals surface area (Å²) in [4.78, 5) is 0. The van der Waals surface area contributed by atoms with Gasteiger partial charge in [-0.15, -0.1) is 0 Å². The first-order chi connectivity index (χ1) is 10.2. The van der Waals surface area contributed by atoms with Gasteiger partial charge in [-0.3, -0.25) is 0 Å². The van der Waals surface area contributed by atoms with Crippen LogP contribution in [0.1, 0.15) is 61.6 Å². The van der Waals surface area contributed by atoms with Gasteiger partial charge in [0, 0.05) is 6.04 Å². The average Bonchev–Trinajstić information content (AvgIpc) is 3.28. The summed E-state index contributed by atoms with van der Waals surface area (Å²) < 4.78 is 0. The van der Waals surface area contributed by atoms with E-state index in [9.17, 15) is 0 Å². The SMILES string of the molecule is Cc1cccc(C)c1CC1CCCCCC1CNC1CC1. The molecule has 2 atom stereocenters. The van der Waals surface area contributed by atoms with Crippen molar-refractivity contribution in [1.29, 1.82) is 0 Å². The molecule has 0 aliphatic heterocycles. The smallest absolute Gasteiger partial charge is 0.00683 e. The molecule has 0 radical (unpaired) electrons. The van der Waals surface area contributed by atoms with Crippen molar-refractivity contribution in [1.82, 2.24) is 5.32 Å². The molecule has 1 nitrogen and oxygen atoms in total. The molecule has 3 rings (SSSR count). The van der Waals surface area contributed by atoms with Crippen molar-refractivity contribution < 1.29 is 0 Å². The van der Waals surface area contributed by atoms with Gasteiger partial charge in [0.1, 0.15) is 0 Å². The van der Waals surface area contributed by atoms with Crippen LogP contribution in [-0.2, 0) is 6.42 Å². The Kier molecular flexibility index (Phi) is 5.00. The van der Waals surface area contributed by atoms with E-state index in [-0.39, 0.29) is 0 Å². The summed E-state index contributed by atoms with van der Waals surface area (Å²) in [6.45, 7) is 5.84. The van der Waals surface area contributed by atoms with Crippen molar-refractivity contribution in [2.45, 2.75) is 71.3 Å². The number of benzene rings is 1. The van der Waals surface area contributed by atoms with Crippen molar-refractivity contribution in [3.8, 4) is 0 Å². The Morgan fingerprint density at radius 2 is 1.57 bits per heavy atom. The topological polar surface area (TPSA) is 12.0 Å². The molecule has 2 fully saturated rings. The van der Waals surface area contributed by atoms with E-state index in [2.05, 4.69) is 37.4 Å². The first-order valence-corrected chi connectivity index (χ1v) is 9.02. The van der Waals surface area contributed by atoms with Gasteiger partial charge in [-0.25, -0.2) is 0 Å². The molecule has 0 saturated heterocycles. The molecule has 0 spiro atoms. The van der Waals surface area contributed by atoms with Crippen LogP contribution < -0.4 is 5.32 Å². The van der Waals surface area contributed by atoms with Crippen LogP contribution in [0.3, 0.4) is 0 Å². The van der Waals surface area contributed by atoms with E-state index < -0.39 is 0 Å². The third-order valence-corrected chi connectivity index (χ3v) is 5.67. The van der Waals surface area contributed by atoms with E-state index in [1.54, 1.807) is 5.56 Å². The summed E-state index contributed by atoms with van der Waals surface area (Å²) in [5.74, 6) is 1.78. The highest BCUT2D eigenvalue weighted by atomic mass is 14.9. The Labute approximate surface area is 130 Å². The van der Waals surface area contributed by atoms with Crippen LogP contribution in [0.25, 0.3) is 0 Å². The first kappa shape index (κ1) is 15.1. The van der Waals surface area contributed by atoms with E-state index in [4.69, 9.17) is 0 Å². The molecule has 1 N–H and O–H groups in total. The fraction of sp³-hybridized carbons (Fsp3) is 0.700. The second-order valence-corrected chi connectivity index (χ2v) is 7.42. The normalized spacial score (nSPS) is 26.6. The van der Waals surface area contributed by atoms with Crippen LogP contribution in [0.5, 0.6) is 0 Å². The van der Waals surface area contributed by atoms with Gasteiger partial charge >= 0.3 is 0 Å². The van der Waals surface area contributed by atoms with Crippen molar-refractivity contribution in [3.63, 3.8) is 0 Å². The second kappa shape index (κ2) is 6.96. The molecule has 2 aliphatic rings. The Bertz CT molecular complexity index is 441. The minimum absolute atomic E-state index is 0.856. The van der Waals surface area contributed by atoms with Gasteiger partial charge in [-0.2, -0.15) is 0 Å². The lowest BCUT2D eigenvalue weighted by Gasteiger charge is -2.27. The molecule has 1 heteroatoms. The van der Waals surface area contributed by atoms with E-state index in [1.165, 1.54) is 69.0 Å². The minimum Gasteiger partial charge on any atom is -0.314 e. The largest absolute Gasteiger partial charge is 0.314 e. The van der Waals surface area contributed by atoms with Gasteiger partial charge in [0.2, 0.25) is 0 Å². The maximum absolute atomic E-state index is 3.80. The van der Waals surface area contributed by atoms with Crippen LogP contribution in [-0.4, -0.2) is 12.6 Å². The summed E-state index contributed by atoms with van der Waals surface area (Å²) in [5.41, 5.74) is 4.61. The van der Waals surface area contributed by atoms with Crippen molar-refractivity contribution >= 4 is 0 Å². The summed E-state index contributed by atoms with van der Waals surface area (Å²) >= 11 is 0. The highest BCUT2D eigenvalue weighted by Crippen LogP contribution is 2.33. The number of nitrogens with one attached hydrogen (secondary N) is 1. The summed E-state index contributed by atoms with van der Waals surface area (Å²) in [5, 5.41) is 3.80. The molecule has 21 heavy (non-hydrogen) atoms. The number of hydrogen-bond acceptors (Lipinski definition) is 1. The van der Waals surface area contributed by atoms with Gasteiger partial charge < -0.3 is 5.32 Å². The molecule has 1 aromatic rings. The summed E-state index contributed by atoms with van der Waals surface area (Å²) in [6.07, 6.45) is 11.3. The molecular formula is C20H31N. The average molecular weight is 285 g/mol. The van der Waals surface area contributed by atoms with E-state index in [0.717, 1.165) is 17.9 Å². The van der Waals surface area contributed by atoms with E-state index >= 15 is 0 Å². The first-order valence-electron chi connectivity index (χ1n) is 9.02. The highest BCUT2D eigenvalue weighted by Gasteiger charge is 2.27. The fourth-order valence-electron chi connectivity index (χ4n) is 4.04. The predicted molar refractivity (Wildman–Crippen MR) is 90.7 cm³/mol. The molecule has 0 heterocycles. The Morgan fingerprint density at radius 3 is 2.24 bits per heavy atom. The maximum atomic E-state index is 3.80. The summed E-state index contributed by atoms with van der Waals surface area (Å²) in [7, 11) is 0. The fourth-order valence-corrected chi connectivity index (χ4v) is 4.04. The van der Waals surface area contributed by atoms with Gasteiger partial charge in [0.05, 0.1) is 0 Å². The van der Waals surface area contributed by atoms with Crippen molar-refractivity contribution in [2.75, 3.05) is 6.54 Å². The van der Waals surface area contributed by atoms with Crippen molar-refractivity contribution in [3.05, 3.63) is 34.9 Å². The predicted octanol–water partition coefficient (Wildman–Crippen LogP) is 4.79. The summed E-state index contributed by atoms with van der Waals surface area (Å²) in [6, 6.07) is 7.63. The highest BCUT2D eigenvalue weighted by molar-refractivity contribution is 5.33. The zero-order valence-corrected chi connectivity index (χ0v) is 13.8. The number of rotatable bonds is 5. The quantitative estimate of drug-likeness (QED) is 0.767. The number of aryl methyl sites for hydroxylation is 2. The van der Waals surface area contributed by atoms with Crippen LogP contribution in [0.15, 0.2) is 18.2 Å². The maximum Gasteiger partial charge on any atom is 0.00683 e. The van der Waals surface area contributed by atoms with Crippen LogP contribution in [0.4, 0.5) is 0 Å². The molecule has 2 aliphatic carbocycles. The van der Waals surface area contributed by atoms with Gasteiger partial charge in [0.15, 0.2) is 0 Å². The zero-order valence-electron chi connectivity index (χ0n) is 13.8. The number of hydrogen-bond donors (Lipinski definition) is 1. The molecule has 1 aromatic carbocycles. The Balaban J connectivity index is 1.69. The molecular weight excluding hydrogens is 254 g/mol. The molecule has 0 aromatic heterocycles. The molecule has 116 valence electrons. The third kappa shape index (κ3) is 4.10. The van der Waals surface area contributed by atoms with Gasteiger partial charge in [0.25, 0.3) is 0 Å². The lowest BCUT2D eigenvalue weighted by Crippen LogP contribution is -2.30. The van der Waals surface area contributed by atoms with Gasteiger partial charge in [-0.05, 0) is 81.0 Å². The lowest BCUT2D eigenvalue weighted by atomic mass is 9.81. The van der Waals surface area contributed by atoms with E-state index in [1.807, 2.05) is 0 Å². The lowest BCUT2D eigenvalue weighted by molar-refractivity contribution is 0.296. The van der Waals surface area contributed by atoms with Gasteiger partial charge in [-0.1, -0.05) is 37.5 Å². The molecule has 2 unspecified atom stereocenters. The second-order valence-electron chi connectivity index (χ2n) is 7.42. The van der Waals surface area contributed by atoms with Crippen LogP contribution >= 0.6 is 0 Å². The molecule has 2 saturated carbocycles. The Hall–Kier alpha value is -0.820. The Morgan fingerprint density at radius 1 is 0.905 bits per heavy atom. The monoisotopic (exact) mass is 285 g/mol. The molecule has 0 amide bonds. The minimum atomic E-state index is 0.856.